The molecule has 5 rings (SSSR count). The van der Waals surface area contributed by atoms with Gasteiger partial charge in [-0.3, -0.25) is 0 Å². The molecular formula is C21H26N6O. The Labute approximate surface area is 164 Å². The minimum atomic E-state index is 0.456. The van der Waals surface area contributed by atoms with Crippen LogP contribution in [0.1, 0.15) is 19.3 Å². The maximum Gasteiger partial charge on any atom is 0.185 e. The molecule has 2 aliphatic heterocycles. The van der Waals surface area contributed by atoms with Gasteiger partial charge in [0, 0.05) is 37.8 Å². The van der Waals surface area contributed by atoms with Gasteiger partial charge in [0.05, 0.1) is 6.61 Å². The second-order valence-electron chi connectivity index (χ2n) is 7.83. The number of benzene rings is 1. The molecule has 2 aliphatic rings. The van der Waals surface area contributed by atoms with Crippen LogP contribution >= 0.6 is 0 Å². The molecule has 0 amide bonds. The summed E-state index contributed by atoms with van der Waals surface area (Å²) >= 11 is 0. The fraction of sp³-hybridized carbons (Fsp3) is 0.476. The Balaban J connectivity index is 1.24. The number of nitrogens with one attached hydrogen (secondary N) is 1. The van der Waals surface area contributed by atoms with E-state index < -0.39 is 0 Å². The van der Waals surface area contributed by atoms with E-state index in [1.807, 2.05) is 47.0 Å². The van der Waals surface area contributed by atoms with Crippen LogP contribution in [0.25, 0.3) is 17.0 Å². The third kappa shape index (κ3) is 3.72. The second-order valence-corrected chi connectivity index (χ2v) is 7.83. The number of hydrogen-bond donors (Lipinski definition) is 1. The first-order chi connectivity index (χ1) is 13.8. The van der Waals surface area contributed by atoms with E-state index in [1.54, 1.807) is 0 Å². The highest BCUT2D eigenvalue weighted by Gasteiger charge is 2.24. The number of ether oxygens (including phenoxy) is 1. The Morgan fingerprint density at radius 2 is 1.86 bits per heavy atom. The molecule has 146 valence electrons. The van der Waals surface area contributed by atoms with Crippen molar-refractivity contribution in [2.45, 2.75) is 25.3 Å². The molecular weight excluding hydrogens is 352 g/mol. The minimum Gasteiger partial charge on any atom is -0.381 e. The topological polar surface area (TPSA) is 67.6 Å². The first-order valence-corrected chi connectivity index (χ1v) is 10.2. The van der Waals surface area contributed by atoms with Crippen molar-refractivity contribution in [2.75, 3.05) is 38.2 Å². The van der Waals surface area contributed by atoms with Crippen LogP contribution in [-0.2, 0) is 4.74 Å². The Hall–Kier alpha value is -2.51. The average molecular weight is 378 g/mol. The van der Waals surface area contributed by atoms with Gasteiger partial charge in [-0.15, -0.1) is 15.3 Å². The summed E-state index contributed by atoms with van der Waals surface area (Å²) in [6, 6.07) is 14.5. The summed E-state index contributed by atoms with van der Waals surface area (Å²) in [4.78, 5) is 2.58. The van der Waals surface area contributed by atoms with Crippen molar-refractivity contribution in [3.05, 3.63) is 42.5 Å². The van der Waals surface area contributed by atoms with Crippen LogP contribution in [0.2, 0.25) is 0 Å². The number of hydrogen-bond acceptors (Lipinski definition) is 6. The highest BCUT2D eigenvalue weighted by molar-refractivity contribution is 5.59. The Morgan fingerprint density at radius 3 is 2.64 bits per heavy atom. The number of aromatic nitrogens is 4. The Kier molecular flexibility index (Phi) is 4.93. The van der Waals surface area contributed by atoms with Gasteiger partial charge in [0.2, 0.25) is 0 Å². The van der Waals surface area contributed by atoms with Crippen LogP contribution < -0.4 is 5.32 Å². The molecule has 0 bridgehead atoms. The van der Waals surface area contributed by atoms with E-state index >= 15 is 0 Å². The molecule has 0 radical (unpaired) electrons. The number of piperidine rings is 1. The van der Waals surface area contributed by atoms with Gasteiger partial charge in [0.15, 0.2) is 11.5 Å². The zero-order chi connectivity index (χ0) is 18.8. The van der Waals surface area contributed by atoms with Gasteiger partial charge < -0.3 is 15.0 Å². The number of likely N-dealkylation sites (tertiary alicyclic amines) is 1. The standard InChI is InChI=1S/C21H26N6O/c1-2-4-17(5-3-1)21-24-23-20-7-6-19(25-27(20)21)22-18-8-11-26(12-9-18)14-16-10-13-28-15-16/h1-7,16,18H,8-15H2,(H,22,25). The van der Waals surface area contributed by atoms with Crippen LogP contribution in [-0.4, -0.2) is 63.6 Å². The molecule has 2 saturated heterocycles. The monoisotopic (exact) mass is 378 g/mol. The molecule has 7 heteroatoms. The molecule has 1 atom stereocenters. The molecule has 0 spiro atoms. The van der Waals surface area contributed by atoms with Crippen LogP contribution in [0.3, 0.4) is 0 Å². The smallest absolute Gasteiger partial charge is 0.185 e. The van der Waals surface area contributed by atoms with Crippen LogP contribution in [0.5, 0.6) is 0 Å². The predicted molar refractivity (Wildman–Crippen MR) is 108 cm³/mol. The molecule has 28 heavy (non-hydrogen) atoms. The van der Waals surface area contributed by atoms with Gasteiger partial charge in [0.1, 0.15) is 5.82 Å². The lowest BCUT2D eigenvalue weighted by atomic mass is 10.0. The van der Waals surface area contributed by atoms with Crippen molar-refractivity contribution >= 4 is 11.5 Å². The minimum absolute atomic E-state index is 0.456. The lowest BCUT2D eigenvalue weighted by Gasteiger charge is -2.33. The van der Waals surface area contributed by atoms with Crippen molar-refractivity contribution in [3.63, 3.8) is 0 Å². The van der Waals surface area contributed by atoms with E-state index in [9.17, 15) is 0 Å². The van der Waals surface area contributed by atoms with Gasteiger partial charge in [-0.25, -0.2) is 0 Å². The van der Waals surface area contributed by atoms with Crippen molar-refractivity contribution in [1.29, 1.82) is 0 Å². The number of fused-ring (bicyclic) bond motifs is 1. The molecule has 2 aromatic heterocycles. The maximum absolute atomic E-state index is 5.51. The van der Waals surface area contributed by atoms with Crippen LogP contribution in [0.4, 0.5) is 5.82 Å². The molecule has 1 aromatic carbocycles. The van der Waals surface area contributed by atoms with E-state index in [0.29, 0.717) is 6.04 Å². The first-order valence-electron chi connectivity index (χ1n) is 10.2. The van der Waals surface area contributed by atoms with Crippen LogP contribution in [0, 0.1) is 5.92 Å². The molecule has 0 aliphatic carbocycles. The summed E-state index contributed by atoms with van der Waals surface area (Å²) in [6.07, 6.45) is 3.49. The average Bonchev–Trinajstić information content (AvgIpc) is 3.40. The first kappa shape index (κ1) is 17.6. The highest BCUT2D eigenvalue weighted by Crippen LogP contribution is 2.21. The van der Waals surface area contributed by atoms with Gasteiger partial charge in [0.25, 0.3) is 0 Å². The Bertz CT molecular complexity index is 913. The van der Waals surface area contributed by atoms with Crippen molar-refractivity contribution in [3.8, 4) is 11.4 Å². The van der Waals surface area contributed by atoms with E-state index in [0.717, 1.165) is 67.9 Å². The summed E-state index contributed by atoms with van der Waals surface area (Å²) in [7, 11) is 0. The largest absolute Gasteiger partial charge is 0.381 e. The predicted octanol–water partition coefficient (Wildman–Crippen LogP) is 2.70. The van der Waals surface area contributed by atoms with Gasteiger partial charge in [-0.05, 0) is 37.3 Å². The van der Waals surface area contributed by atoms with Crippen molar-refractivity contribution < 1.29 is 4.74 Å². The molecule has 2 fully saturated rings. The van der Waals surface area contributed by atoms with E-state index in [1.165, 1.54) is 13.0 Å². The fourth-order valence-electron chi connectivity index (χ4n) is 4.19. The quantitative estimate of drug-likeness (QED) is 0.736. The third-order valence-electron chi connectivity index (χ3n) is 5.77. The van der Waals surface area contributed by atoms with Crippen LogP contribution in [0.15, 0.2) is 42.5 Å². The van der Waals surface area contributed by atoms with Gasteiger partial charge >= 0.3 is 0 Å². The maximum atomic E-state index is 5.51. The van der Waals surface area contributed by atoms with E-state index in [4.69, 9.17) is 9.84 Å². The number of rotatable bonds is 5. The zero-order valence-electron chi connectivity index (χ0n) is 16.0. The Morgan fingerprint density at radius 1 is 1.00 bits per heavy atom. The summed E-state index contributed by atoms with van der Waals surface area (Å²) in [5, 5.41) is 16.9. The molecule has 4 heterocycles. The molecule has 3 aromatic rings. The lowest BCUT2D eigenvalue weighted by molar-refractivity contribution is 0.154. The van der Waals surface area contributed by atoms with Gasteiger partial charge in [-0.2, -0.15) is 4.52 Å². The second kappa shape index (κ2) is 7.85. The van der Waals surface area contributed by atoms with E-state index in [2.05, 4.69) is 20.4 Å². The van der Waals surface area contributed by atoms with Gasteiger partial charge in [-0.1, -0.05) is 30.3 Å². The summed E-state index contributed by atoms with van der Waals surface area (Å²) < 4.78 is 7.34. The number of anilines is 1. The number of nitrogens with zero attached hydrogens (tertiary/aromatic N) is 5. The SMILES string of the molecule is c1ccc(-c2nnc3ccc(NC4CCN(CC5CCOC5)CC4)nn23)cc1. The molecule has 1 N–H and O–H groups in total. The fourth-order valence-corrected chi connectivity index (χ4v) is 4.19. The third-order valence-corrected chi connectivity index (χ3v) is 5.77. The normalized spacial score (nSPS) is 21.4. The zero-order valence-corrected chi connectivity index (χ0v) is 16.0. The molecule has 0 saturated carbocycles. The summed E-state index contributed by atoms with van der Waals surface area (Å²) in [6.45, 7) is 5.32. The van der Waals surface area contributed by atoms with E-state index in [-0.39, 0.29) is 0 Å². The highest BCUT2D eigenvalue weighted by atomic mass is 16.5. The van der Waals surface area contributed by atoms with Crippen molar-refractivity contribution in [1.82, 2.24) is 24.7 Å². The summed E-state index contributed by atoms with van der Waals surface area (Å²) in [5.41, 5.74) is 1.78. The summed E-state index contributed by atoms with van der Waals surface area (Å²) in [5.74, 6) is 2.37. The van der Waals surface area contributed by atoms with Crippen molar-refractivity contribution in [2.24, 2.45) is 5.92 Å². The molecule has 1 unspecified atom stereocenters. The molecule has 7 nitrogen and oxygen atoms in total. The lowest BCUT2D eigenvalue weighted by Crippen LogP contribution is -2.41.